The van der Waals surface area contributed by atoms with E-state index in [9.17, 15) is 4.79 Å². The number of hydrogen-bond donors (Lipinski definition) is 0. The molecule has 0 amide bonds. The van der Waals surface area contributed by atoms with Crippen molar-refractivity contribution in [3.8, 4) is 5.69 Å². The molecule has 0 aliphatic heterocycles. The topological polar surface area (TPSA) is 52.2 Å². The molecule has 1 aromatic carbocycles. The third kappa shape index (κ3) is 3.69. The van der Waals surface area contributed by atoms with E-state index in [1.54, 1.807) is 27.7 Å². The molecule has 4 aromatic rings. The summed E-state index contributed by atoms with van der Waals surface area (Å²) in [6.07, 6.45) is 8.32. The van der Waals surface area contributed by atoms with Gasteiger partial charge in [0.15, 0.2) is 5.16 Å². The van der Waals surface area contributed by atoms with Crippen LogP contribution >= 0.6 is 23.1 Å². The molecule has 3 heterocycles. The number of aromatic nitrogens is 4. The Bertz CT molecular complexity index is 1320. The maximum atomic E-state index is 13.9. The van der Waals surface area contributed by atoms with Crippen LogP contribution in [0.3, 0.4) is 0 Å². The lowest BCUT2D eigenvalue weighted by molar-refractivity contribution is 0.601. The third-order valence-electron chi connectivity index (χ3n) is 6.49. The SMILES string of the molecule is CCCCCCSc1nnc2n(-c3ccc(C)cc3)c(=O)c3c4c(sc3n12)CCCC4C. The van der Waals surface area contributed by atoms with Gasteiger partial charge in [-0.15, -0.1) is 21.5 Å². The third-order valence-corrected chi connectivity index (χ3v) is 8.76. The van der Waals surface area contributed by atoms with Gasteiger partial charge in [0.1, 0.15) is 4.83 Å². The van der Waals surface area contributed by atoms with Crippen LogP contribution in [-0.4, -0.2) is 24.9 Å². The summed E-state index contributed by atoms with van der Waals surface area (Å²) in [5, 5.41) is 10.9. The molecule has 0 fully saturated rings. The lowest BCUT2D eigenvalue weighted by Crippen LogP contribution is -2.22. The Balaban J connectivity index is 1.73. The fourth-order valence-electron chi connectivity index (χ4n) is 4.76. The smallest absolute Gasteiger partial charge is 0.268 e. The minimum Gasteiger partial charge on any atom is -0.268 e. The fourth-order valence-corrected chi connectivity index (χ4v) is 7.20. The maximum Gasteiger partial charge on any atom is 0.268 e. The number of unbranched alkanes of at least 4 members (excludes halogenated alkanes) is 3. The van der Waals surface area contributed by atoms with Gasteiger partial charge < -0.3 is 0 Å². The zero-order chi connectivity index (χ0) is 22.2. The van der Waals surface area contributed by atoms with Crippen molar-refractivity contribution in [3.63, 3.8) is 0 Å². The quantitative estimate of drug-likeness (QED) is 0.230. The van der Waals surface area contributed by atoms with E-state index in [1.165, 1.54) is 48.1 Å². The highest BCUT2D eigenvalue weighted by Gasteiger charge is 2.28. The minimum absolute atomic E-state index is 0.0366. The van der Waals surface area contributed by atoms with E-state index < -0.39 is 0 Å². The van der Waals surface area contributed by atoms with E-state index in [2.05, 4.69) is 35.4 Å². The molecule has 0 saturated heterocycles. The molecule has 5 rings (SSSR count). The number of aryl methyl sites for hydroxylation is 2. The molecule has 0 saturated carbocycles. The largest absolute Gasteiger partial charge is 0.268 e. The van der Waals surface area contributed by atoms with Crippen LogP contribution in [0.25, 0.3) is 21.7 Å². The predicted octanol–water partition coefficient (Wildman–Crippen LogP) is 6.52. The summed E-state index contributed by atoms with van der Waals surface area (Å²) < 4.78 is 3.92. The fraction of sp³-hybridized carbons (Fsp3) is 0.480. The highest BCUT2D eigenvalue weighted by molar-refractivity contribution is 7.99. The molecule has 5 nitrogen and oxygen atoms in total. The van der Waals surface area contributed by atoms with E-state index in [0.29, 0.717) is 11.7 Å². The van der Waals surface area contributed by atoms with Crippen molar-refractivity contribution in [2.45, 2.75) is 76.8 Å². The van der Waals surface area contributed by atoms with Gasteiger partial charge in [0.2, 0.25) is 5.78 Å². The number of thiophene rings is 1. The Morgan fingerprint density at radius 3 is 2.75 bits per heavy atom. The summed E-state index contributed by atoms with van der Waals surface area (Å²) in [5.41, 5.74) is 3.32. The first-order valence-corrected chi connectivity index (χ1v) is 13.6. The second-order valence-electron chi connectivity index (χ2n) is 8.92. The maximum absolute atomic E-state index is 13.9. The average molecular weight is 467 g/mol. The van der Waals surface area contributed by atoms with Gasteiger partial charge in [-0.3, -0.25) is 4.79 Å². The predicted molar refractivity (Wildman–Crippen MR) is 135 cm³/mol. The first-order valence-electron chi connectivity index (χ1n) is 11.8. The number of nitrogens with zero attached hydrogens (tertiary/aromatic N) is 4. The molecule has 3 aromatic heterocycles. The lowest BCUT2D eigenvalue weighted by Gasteiger charge is -2.18. The first-order chi connectivity index (χ1) is 15.6. The van der Waals surface area contributed by atoms with Crippen molar-refractivity contribution >= 4 is 39.1 Å². The molecule has 7 heteroatoms. The molecule has 1 aliphatic carbocycles. The lowest BCUT2D eigenvalue weighted by atomic mass is 9.88. The summed E-state index contributed by atoms with van der Waals surface area (Å²) in [4.78, 5) is 16.3. The Hall–Kier alpha value is -2.12. The van der Waals surface area contributed by atoms with Gasteiger partial charge in [-0.05, 0) is 56.2 Å². The Labute approximate surface area is 196 Å². The van der Waals surface area contributed by atoms with Crippen molar-refractivity contribution in [1.82, 2.24) is 19.2 Å². The molecule has 0 N–H and O–H groups in total. The molecule has 168 valence electrons. The van der Waals surface area contributed by atoms with Crippen molar-refractivity contribution in [3.05, 3.63) is 50.6 Å². The Kier molecular flexibility index (Phi) is 6.12. The normalized spacial score (nSPS) is 16.2. The summed E-state index contributed by atoms with van der Waals surface area (Å²) >= 11 is 3.54. The summed E-state index contributed by atoms with van der Waals surface area (Å²) in [6, 6.07) is 8.12. The van der Waals surface area contributed by atoms with E-state index in [-0.39, 0.29) is 5.56 Å². The molecule has 0 spiro atoms. The van der Waals surface area contributed by atoms with Gasteiger partial charge in [0, 0.05) is 10.6 Å². The molecule has 1 aliphatic rings. The first kappa shape index (κ1) is 21.7. The van der Waals surface area contributed by atoms with Crippen LogP contribution in [0.15, 0.2) is 34.2 Å². The standard InChI is InChI=1S/C25H30N4OS2/c1-4-5-6-7-15-31-25-27-26-24-28(18-13-11-16(2)12-14-18)22(30)21-20-17(3)9-8-10-19(20)32-23(21)29(24)25/h11-14,17H,4-10,15H2,1-3H3. The van der Waals surface area contributed by atoms with Gasteiger partial charge >= 0.3 is 0 Å². The zero-order valence-electron chi connectivity index (χ0n) is 19.1. The highest BCUT2D eigenvalue weighted by atomic mass is 32.2. The van der Waals surface area contributed by atoms with Gasteiger partial charge in [0.05, 0.1) is 11.1 Å². The number of fused-ring (bicyclic) bond motifs is 5. The molecule has 0 radical (unpaired) electrons. The van der Waals surface area contributed by atoms with Crippen LogP contribution < -0.4 is 5.56 Å². The van der Waals surface area contributed by atoms with Crippen molar-refractivity contribution in [2.75, 3.05) is 5.75 Å². The van der Waals surface area contributed by atoms with Gasteiger partial charge in [0.25, 0.3) is 5.56 Å². The second-order valence-corrected chi connectivity index (χ2v) is 11.1. The van der Waals surface area contributed by atoms with Crippen molar-refractivity contribution < 1.29 is 0 Å². The van der Waals surface area contributed by atoms with Crippen molar-refractivity contribution in [2.24, 2.45) is 0 Å². The molecule has 32 heavy (non-hydrogen) atoms. The van der Waals surface area contributed by atoms with E-state index in [0.717, 1.165) is 39.7 Å². The number of thioether (sulfide) groups is 1. The van der Waals surface area contributed by atoms with Gasteiger partial charge in [-0.25, -0.2) is 8.97 Å². The van der Waals surface area contributed by atoms with Crippen LogP contribution in [0.2, 0.25) is 0 Å². The summed E-state index contributed by atoms with van der Waals surface area (Å²) in [5.74, 6) is 2.05. The van der Waals surface area contributed by atoms with Crippen LogP contribution in [0.5, 0.6) is 0 Å². The van der Waals surface area contributed by atoms with E-state index >= 15 is 0 Å². The van der Waals surface area contributed by atoms with Gasteiger partial charge in [-0.2, -0.15) is 0 Å². The zero-order valence-corrected chi connectivity index (χ0v) is 20.7. The van der Waals surface area contributed by atoms with Crippen LogP contribution in [-0.2, 0) is 6.42 Å². The molecule has 1 unspecified atom stereocenters. The minimum atomic E-state index is 0.0366. The summed E-state index contributed by atoms with van der Waals surface area (Å²) in [7, 11) is 0. The summed E-state index contributed by atoms with van der Waals surface area (Å²) in [6.45, 7) is 6.56. The van der Waals surface area contributed by atoms with E-state index in [4.69, 9.17) is 0 Å². The monoisotopic (exact) mass is 466 g/mol. The average Bonchev–Trinajstić information content (AvgIpc) is 3.37. The number of benzene rings is 1. The molecule has 0 bridgehead atoms. The van der Waals surface area contributed by atoms with E-state index in [1.807, 2.05) is 24.3 Å². The molecule has 1 atom stereocenters. The van der Waals surface area contributed by atoms with Crippen LogP contribution in [0.1, 0.15) is 74.3 Å². The second kappa shape index (κ2) is 9.02. The highest BCUT2D eigenvalue weighted by Crippen LogP contribution is 2.41. The van der Waals surface area contributed by atoms with Crippen LogP contribution in [0, 0.1) is 6.92 Å². The molecular weight excluding hydrogens is 436 g/mol. The Morgan fingerprint density at radius 1 is 1.16 bits per heavy atom. The van der Waals surface area contributed by atoms with Crippen LogP contribution in [0.4, 0.5) is 0 Å². The molecular formula is C25H30N4OS2. The Morgan fingerprint density at radius 2 is 1.97 bits per heavy atom. The number of hydrogen-bond acceptors (Lipinski definition) is 5. The van der Waals surface area contributed by atoms with Gasteiger partial charge in [-0.1, -0.05) is 62.6 Å². The number of rotatable bonds is 7. The van der Waals surface area contributed by atoms with Crippen molar-refractivity contribution in [1.29, 1.82) is 0 Å².